The summed E-state index contributed by atoms with van der Waals surface area (Å²) >= 11 is 0. The van der Waals surface area contributed by atoms with Gasteiger partial charge in [0, 0.05) is 0 Å². The van der Waals surface area contributed by atoms with Crippen molar-refractivity contribution in [1.29, 1.82) is 0 Å². The molecule has 0 bridgehead atoms. The molecule has 208 valence electrons. The quantitative estimate of drug-likeness (QED) is 0.0780. The van der Waals surface area contributed by atoms with Gasteiger partial charge in [0.05, 0.1) is 0 Å². The lowest BCUT2D eigenvalue weighted by molar-refractivity contribution is 0.344. The van der Waals surface area contributed by atoms with Gasteiger partial charge in [-0.05, 0) is 65.1 Å². The van der Waals surface area contributed by atoms with Crippen LogP contribution in [-0.2, 0) is 0 Å². The van der Waals surface area contributed by atoms with Gasteiger partial charge in [-0.15, -0.1) is 0 Å². The van der Waals surface area contributed by atoms with E-state index in [0.717, 1.165) is 12.3 Å². The minimum atomic E-state index is 0.999. The van der Waals surface area contributed by atoms with E-state index in [2.05, 4.69) is 57.1 Å². The number of unbranched alkanes of at least 4 members (excludes halogenated alkanes) is 16. The topological polar surface area (TPSA) is 3.24 Å². The summed E-state index contributed by atoms with van der Waals surface area (Å²) in [4.78, 5) is 2.34. The summed E-state index contributed by atoms with van der Waals surface area (Å²) in [6, 6.07) is 0. The molecule has 0 aromatic heterocycles. The number of nitrogens with zero attached hydrogens (tertiary/aromatic N) is 1. The maximum atomic E-state index is 2.40. The number of hydrogen-bond donors (Lipinski definition) is 0. The van der Waals surface area contributed by atoms with Gasteiger partial charge in [0.15, 0.2) is 0 Å². The Morgan fingerprint density at radius 3 is 1.37 bits per heavy atom. The largest absolute Gasteiger partial charge is 0.309 e. The molecule has 1 nitrogen and oxygen atoms in total. The molecule has 1 atom stereocenters. The molecule has 0 fully saturated rings. The predicted octanol–water partition coefficient (Wildman–Crippen LogP) is 11.7. The summed E-state index contributed by atoms with van der Waals surface area (Å²) in [5, 5.41) is 0. The fourth-order valence-corrected chi connectivity index (χ4v) is 5.11. The average molecular weight is 490 g/mol. The summed E-state index contributed by atoms with van der Waals surface area (Å²) in [7, 11) is 4.42. The fraction of sp³-hybridized carbons (Fsp3) is 0.882. The molecule has 0 heterocycles. The molecule has 0 radical (unpaired) electrons. The van der Waals surface area contributed by atoms with Crippen LogP contribution >= 0.6 is 0 Å². The average Bonchev–Trinajstić information content (AvgIpc) is 2.85. The molecule has 0 aliphatic carbocycles. The second-order valence-corrected chi connectivity index (χ2v) is 11.4. The highest BCUT2D eigenvalue weighted by Crippen LogP contribution is 2.24. The van der Waals surface area contributed by atoms with Gasteiger partial charge >= 0.3 is 0 Å². The van der Waals surface area contributed by atoms with E-state index in [0.29, 0.717) is 0 Å². The van der Waals surface area contributed by atoms with Crippen LogP contribution in [0.5, 0.6) is 0 Å². The van der Waals surface area contributed by atoms with E-state index in [1.54, 1.807) is 0 Å². The van der Waals surface area contributed by atoms with Crippen LogP contribution in [0.2, 0.25) is 0 Å². The van der Waals surface area contributed by atoms with Gasteiger partial charge in [-0.1, -0.05) is 154 Å². The zero-order valence-corrected chi connectivity index (χ0v) is 25.0. The molecule has 0 rings (SSSR count). The second kappa shape index (κ2) is 29.7. The maximum absolute atomic E-state index is 2.40. The molecule has 0 saturated carbocycles. The van der Waals surface area contributed by atoms with Crippen molar-refractivity contribution in [2.75, 3.05) is 20.6 Å². The van der Waals surface area contributed by atoms with Gasteiger partial charge in [-0.25, -0.2) is 0 Å². The van der Waals surface area contributed by atoms with Crippen LogP contribution < -0.4 is 0 Å². The van der Waals surface area contributed by atoms with Crippen molar-refractivity contribution in [3.8, 4) is 0 Å². The van der Waals surface area contributed by atoms with Gasteiger partial charge in [0.2, 0.25) is 0 Å². The van der Waals surface area contributed by atoms with Crippen LogP contribution in [0.1, 0.15) is 168 Å². The second-order valence-electron chi connectivity index (χ2n) is 11.4. The Kier molecular flexibility index (Phi) is 29.2. The molecule has 0 aromatic carbocycles. The van der Waals surface area contributed by atoms with Crippen molar-refractivity contribution in [2.24, 2.45) is 5.92 Å². The molecule has 0 spiro atoms. The first-order chi connectivity index (χ1) is 17.2. The lowest BCUT2D eigenvalue weighted by Gasteiger charge is -2.18. The predicted molar refractivity (Wildman–Crippen MR) is 162 cm³/mol. The van der Waals surface area contributed by atoms with Crippen LogP contribution in [0.25, 0.3) is 0 Å². The van der Waals surface area contributed by atoms with Crippen molar-refractivity contribution in [3.05, 3.63) is 24.3 Å². The molecule has 35 heavy (non-hydrogen) atoms. The highest BCUT2D eigenvalue weighted by Gasteiger charge is 2.09. The first-order valence-electron chi connectivity index (χ1n) is 16.1. The van der Waals surface area contributed by atoms with Crippen LogP contribution in [0.15, 0.2) is 24.3 Å². The van der Waals surface area contributed by atoms with Crippen molar-refractivity contribution >= 4 is 0 Å². The standard InChI is InChI=1S/C34H67N/c1-5-7-9-11-13-14-15-16-17-18-19-20-21-23-25-27-31-34(32-28-29-33-35(3)4)30-26-24-22-12-10-8-6-2/h13-14,16-17,34H,5-12,15,18-33H2,1-4H3/b14-13-,17-16-. The highest BCUT2D eigenvalue weighted by molar-refractivity contribution is 4.92. The lowest BCUT2D eigenvalue weighted by atomic mass is 9.90. The minimum absolute atomic E-state index is 0.999. The molecule has 0 saturated heterocycles. The normalized spacial score (nSPS) is 13.1. The molecule has 0 N–H and O–H groups in total. The number of rotatable bonds is 28. The Hall–Kier alpha value is -0.560. The molecule has 1 unspecified atom stereocenters. The van der Waals surface area contributed by atoms with Crippen molar-refractivity contribution in [2.45, 2.75) is 168 Å². The zero-order valence-electron chi connectivity index (χ0n) is 25.0. The molecule has 0 aliphatic heterocycles. The Morgan fingerprint density at radius 2 is 0.857 bits per heavy atom. The van der Waals surface area contributed by atoms with Gasteiger partial charge in [0.25, 0.3) is 0 Å². The van der Waals surface area contributed by atoms with Crippen LogP contribution in [0.3, 0.4) is 0 Å². The summed E-state index contributed by atoms with van der Waals surface area (Å²) in [5.41, 5.74) is 0. The number of allylic oxidation sites excluding steroid dienone is 4. The van der Waals surface area contributed by atoms with E-state index < -0.39 is 0 Å². The van der Waals surface area contributed by atoms with Crippen molar-refractivity contribution in [3.63, 3.8) is 0 Å². The van der Waals surface area contributed by atoms with E-state index in [4.69, 9.17) is 0 Å². The molecule has 1 heteroatoms. The highest BCUT2D eigenvalue weighted by atomic mass is 15.0. The molecule has 0 amide bonds. The summed E-state index contributed by atoms with van der Waals surface area (Å²) in [5.74, 6) is 0.999. The Morgan fingerprint density at radius 1 is 0.457 bits per heavy atom. The van der Waals surface area contributed by atoms with Crippen LogP contribution in [0.4, 0.5) is 0 Å². The third-order valence-electron chi connectivity index (χ3n) is 7.50. The van der Waals surface area contributed by atoms with Crippen molar-refractivity contribution < 1.29 is 0 Å². The van der Waals surface area contributed by atoms with E-state index in [9.17, 15) is 0 Å². The summed E-state index contributed by atoms with van der Waals surface area (Å²) < 4.78 is 0. The van der Waals surface area contributed by atoms with Crippen molar-refractivity contribution in [1.82, 2.24) is 4.90 Å². The van der Waals surface area contributed by atoms with Gasteiger partial charge in [-0.2, -0.15) is 0 Å². The molecular formula is C34H67N. The molecule has 0 aromatic rings. The summed E-state index contributed by atoms with van der Waals surface area (Å²) in [6.45, 7) is 5.85. The molecule has 0 aliphatic rings. The Labute approximate surface area is 223 Å². The monoisotopic (exact) mass is 490 g/mol. The smallest absolute Gasteiger partial charge is 0.00248 e. The SMILES string of the molecule is CCCCC/C=C\C/C=C\CCCCCCCCC(CCCCCCCCC)CCCCN(C)C. The van der Waals surface area contributed by atoms with E-state index in [1.165, 1.54) is 154 Å². The Bertz CT molecular complexity index is 436. The minimum Gasteiger partial charge on any atom is -0.309 e. The summed E-state index contributed by atoms with van der Waals surface area (Å²) in [6.07, 6.45) is 43.2. The first kappa shape index (κ1) is 34.4. The third kappa shape index (κ3) is 29.6. The molecular weight excluding hydrogens is 422 g/mol. The van der Waals surface area contributed by atoms with Gasteiger partial charge in [0.1, 0.15) is 0 Å². The fourth-order valence-electron chi connectivity index (χ4n) is 5.11. The van der Waals surface area contributed by atoms with E-state index >= 15 is 0 Å². The first-order valence-corrected chi connectivity index (χ1v) is 16.1. The third-order valence-corrected chi connectivity index (χ3v) is 7.50. The maximum Gasteiger partial charge on any atom is -0.00248 e. The van der Waals surface area contributed by atoms with Crippen LogP contribution in [-0.4, -0.2) is 25.5 Å². The van der Waals surface area contributed by atoms with Crippen LogP contribution in [0, 0.1) is 5.92 Å². The van der Waals surface area contributed by atoms with E-state index in [-0.39, 0.29) is 0 Å². The van der Waals surface area contributed by atoms with Gasteiger partial charge < -0.3 is 4.90 Å². The lowest BCUT2D eigenvalue weighted by Crippen LogP contribution is -2.13. The number of hydrogen-bond acceptors (Lipinski definition) is 1. The van der Waals surface area contributed by atoms with Gasteiger partial charge in [-0.3, -0.25) is 0 Å². The van der Waals surface area contributed by atoms with E-state index in [1.807, 2.05) is 0 Å². The Balaban J connectivity index is 3.75. The zero-order chi connectivity index (χ0) is 25.7.